The molecule has 1 aliphatic heterocycles. The van der Waals surface area contributed by atoms with E-state index in [0.29, 0.717) is 11.4 Å². The van der Waals surface area contributed by atoms with E-state index in [2.05, 4.69) is 21.2 Å². The van der Waals surface area contributed by atoms with E-state index in [1.54, 1.807) is 0 Å². The smallest absolute Gasteiger partial charge is 0.246 e. The molecule has 0 aliphatic carbocycles. The van der Waals surface area contributed by atoms with E-state index in [4.69, 9.17) is 11.6 Å². The third-order valence-corrected chi connectivity index (χ3v) is 4.79. The zero-order chi connectivity index (χ0) is 13.5. The largest absolute Gasteiger partial charge is 0.324 e. The van der Waals surface area contributed by atoms with E-state index >= 15 is 0 Å². The van der Waals surface area contributed by atoms with Gasteiger partial charge in [-0.05, 0) is 17.7 Å². The maximum atomic E-state index is 12.3. The molecule has 0 radical (unpaired) electrons. The number of alkyl halides is 1. The molecule has 2 aromatic carbocycles. The standard InChI is InChI=1S/C15H11BrClNO/c16-15(9-10-5-1-3-7-12(10)17)11-6-2-4-8-13(11)18-14(15)19/h1-8H,9H2,(H,18,19). The molecule has 2 aromatic rings. The van der Waals surface area contributed by atoms with Crippen molar-refractivity contribution in [2.45, 2.75) is 10.7 Å². The molecule has 1 N–H and O–H groups in total. The molecule has 96 valence electrons. The Morgan fingerprint density at radius 3 is 2.58 bits per heavy atom. The summed E-state index contributed by atoms with van der Waals surface area (Å²) in [6.45, 7) is 0. The second-order valence-corrected chi connectivity index (χ2v) is 6.33. The topological polar surface area (TPSA) is 29.1 Å². The summed E-state index contributed by atoms with van der Waals surface area (Å²) >= 11 is 9.80. The van der Waals surface area contributed by atoms with Crippen molar-refractivity contribution in [2.24, 2.45) is 0 Å². The predicted molar refractivity (Wildman–Crippen MR) is 80.8 cm³/mol. The number of rotatable bonds is 2. The van der Waals surface area contributed by atoms with Crippen molar-refractivity contribution in [3.05, 3.63) is 64.7 Å². The lowest BCUT2D eigenvalue weighted by Crippen LogP contribution is -2.30. The van der Waals surface area contributed by atoms with Crippen LogP contribution in [-0.4, -0.2) is 5.91 Å². The van der Waals surface area contributed by atoms with E-state index in [-0.39, 0.29) is 5.91 Å². The highest BCUT2D eigenvalue weighted by Gasteiger charge is 2.44. The summed E-state index contributed by atoms with van der Waals surface area (Å²) < 4.78 is -0.741. The molecule has 4 heteroatoms. The van der Waals surface area contributed by atoms with Gasteiger partial charge in [0, 0.05) is 22.7 Å². The molecule has 1 heterocycles. The van der Waals surface area contributed by atoms with Gasteiger partial charge in [-0.2, -0.15) is 0 Å². The molecule has 1 aliphatic rings. The lowest BCUT2D eigenvalue weighted by molar-refractivity contribution is -0.117. The van der Waals surface area contributed by atoms with Crippen LogP contribution in [0.1, 0.15) is 11.1 Å². The van der Waals surface area contributed by atoms with Gasteiger partial charge < -0.3 is 5.32 Å². The number of carbonyl (C=O) groups excluding carboxylic acids is 1. The average molecular weight is 337 g/mol. The molecule has 0 saturated carbocycles. The maximum Gasteiger partial charge on any atom is 0.246 e. The second-order valence-electron chi connectivity index (χ2n) is 4.57. The molecular weight excluding hydrogens is 326 g/mol. The van der Waals surface area contributed by atoms with Gasteiger partial charge in [0.2, 0.25) is 5.91 Å². The van der Waals surface area contributed by atoms with Gasteiger partial charge in [0.1, 0.15) is 4.32 Å². The summed E-state index contributed by atoms with van der Waals surface area (Å²) in [6, 6.07) is 15.3. The number of halogens is 2. The molecule has 0 saturated heterocycles. The third-order valence-electron chi connectivity index (χ3n) is 3.35. The average Bonchev–Trinajstić information content (AvgIpc) is 2.65. The van der Waals surface area contributed by atoms with Gasteiger partial charge in [0.15, 0.2) is 0 Å². The number of hydrogen-bond donors (Lipinski definition) is 1. The van der Waals surface area contributed by atoms with Crippen molar-refractivity contribution in [2.75, 3.05) is 5.32 Å². The van der Waals surface area contributed by atoms with Gasteiger partial charge in [0.05, 0.1) is 0 Å². The van der Waals surface area contributed by atoms with E-state index in [0.717, 1.165) is 16.8 Å². The van der Waals surface area contributed by atoms with Gasteiger partial charge in [-0.25, -0.2) is 0 Å². The molecule has 1 unspecified atom stereocenters. The Kier molecular flexibility index (Phi) is 3.11. The summed E-state index contributed by atoms with van der Waals surface area (Å²) in [5, 5.41) is 3.58. The van der Waals surface area contributed by atoms with E-state index in [9.17, 15) is 4.79 Å². The molecule has 1 amide bonds. The van der Waals surface area contributed by atoms with Gasteiger partial charge in [-0.3, -0.25) is 4.79 Å². The molecule has 0 fully saturated rings. The van der Waals surface area contributed by atoms with Gasteiger partial charge >= 0.3 is 0 Å². The van der Waals surface area contributed by atoms with Crippen LogP contribution in [-0.2, 0) is 15.5 Å². The van der Waals surface area contributed by atoms with Crippen LogP contribution >= 0.6 is 27.5 Å². The Morgan fingerprint density at radius 2 is 1.79 bits per heavy atom. The number of carbonyl (C=O) groups is 1. The van der Waals surface area contributed by atoms with Crippen LogP contribution in [0.25, 0.3) is 0 Å². The number of amides is 1. The zero-order valence-corrected chi connectivity index (χ0v) is 12.3. The summed E-state index contributed by atoms with van der Waals surface area (Å²) in [7, 11) is 0. The monoisotopic (exact) mass is 335 g/mol. The van der Waals surface area contributed by atoms with Crippen LogP contribution in [0.3, 0.4) is 0 Å². The van der Waals surface area contributed by atoms with Crippen molar-refractivity contribution in [3.63, 3.8) is 0 Å². The molecule has 19 heavy (non-hydrogen) atoms. The lowest BCUT2D eigenvalue weighted by atomic mass is 9.93. The first-order valence-electron chi connectivity index (χ1n) is 5.94. The van der Waals surface area contributed by atoms with E-state index in [1.165, 1.54) is 0 Å². The highest BCUT2D eigenvalue weighted by Crippen LogP contribution is 2.45. The molecular formula is C15H11BrClNO. The van der Waals surface area contributed by atoms with Crippen molar-refractivity contribution >= 4 is 39.1 Å². The van der Waals surface area contributed by atoms with Crippen LogP contribution in [0.2, 0.25) is 5.02 Å². The first-order valence-corrected chi connectivity index (χ1v) is 7.11. The minimum atomic E-state index is -0.741. The highest BCUT2D eigenvalue weighted by molar-refractivity contribution is 9.10. The fourth-order valence-electron chi connectivity index (χ4n) is 2.36. The van der Waals surface area contributed by atoms with Crippen LogP contribution < -0.4 is 5.32 Å². The van der Waals surface area contributed by atoms with Gasteiger partial charge in [-0.1, -0.05) is 63.9 Å². The zero-order valence-electron chi connectivity index (χ0n) is 9.99. The van der Waals surface area contributed by atoms with Crippen molar-refractivity contribution in [3.8, 4) is 0 Å². The number of fused-ring (bicyclic) bond motifs is 1. The number of nitrogens with one attached hydrogen (secondary N) is 1. The van der Waals surface area contributed by atoms with Crippen LogP contribution in [0.5, 0.6) is 0 Å². The number of benzene rings is 2. The van der Waals surface area contributed by atoms with E-state index in [1.807, 2.05) is 48.5 Å². The Morgan fingerprint density at radius 1 is 1.11 bits per heavy atom. The molecule has 1 atom stereocenters. The second kappa shape index (κ2) is 4.66. The maximum absolute atomic E-state index is 12.3. The third kappa shape index (κ3) is 2.07. The van der Waals surface area contributed by atoms with Crippen molar-refractivity contribution in [1.29, 1.82) is 0 Å². The Balaban J connectivity index is 2.04. The van der Waals surface area contributed by atoms with Crippen LogP contribution in [0.15, 0.2) is 48.5 Å². The minimum Gasteiger partial charge on any atom is -0.324 e. The van der Waals surface area contributed by atoms with Gasteiger partial charge in [-0.15, -0.1) is 0 Å². The summed E-state index contributed by atoms with van der Waals surface area (Å²) in [4.78, 5) is 12.3. The Labute approximate surface area is 124 Å². The predicted octanol–water partition coefficient (Wildman–Crippen LogP) is 4.13. The summed E-state index contributed by atoms with van der Waals surface area (Å²) in [5.41, 5.74) is 2.77. The SMILES string of the molecule is O=C1Nc2ccccc2C1(Br)Cc1ccccc1Cl. The normalized spacial score (nSPS) is 21.1. The molecule has 0 aromatic heterocycles. The fraction of sp³-hybridized carbons (Fsp3) is 0.133. The van der Waals surface area contributed by atoms with Crippen LogP contribution in [0, 0.1) is 0 Å². The van der Waals surface area contributed by atoms with Crippen LogP contribution in [0.4, 0.5) is 5.69 Å². The van der Waals surface area contributed by atoms with Crippen molar-refractivity contribution < 1.29 is 4.79 Å². The van der Waals surface area contributed by atoms with Gasteiger partial charge in [0.25, 0.3) is 0 Å². The first-order chi connectivity index (χ1) is 9.11. The first kappa shape index (κ1) is 12.7. The van der Waals surface area contributed by atoms with Crippen molar-refractivity contribution in [1.82, 2.24) is 0 Å². The lowest BCUT2D eigenvalue weighted by Gasteiger charge is -2.20. The quantitative estimate of drug-likeness (QED) is 0.821. The minimum absolute atomic E-state index is 0.0476. The number of para-hydroxylation sites is 1. The number of anilines is 1. The molecule has 0 spiro atoms. The number of hydrogen-bond acceptors (Lipinski definition) is 1. The highest BCUT2D eigenvalue weighted by atomic mass is 79.9. The fourth-order valence-corrected chi connectivity index (χ4v) is 3.31. The Hall–Kier alpha value is -1.32. The molecule has 3 rings (SSSR count). The van der Waals surface area contributed by atoms with E-state index < -0.39 is 4.32 Å². The Bertz CT molecular complexity index is 658. The molecule has 0 bridgehead atoms. The summed E-state index contributed by atoms with van der Waals surface area (Å²) in [5.74, 6) is -0.0476. The summed E-state index contributed by atoms with van der Waals surface area (Å²) in [6.07, 6.45) is 0.523. The molecule has 2 nitrogen and oxygen atoms in total.